The van der Waals surface area contributed by atoms with Crippen molar-refractivity contribution in [2.75, 3.05) is 26.2 Å². The lowest BCUT2D eigenvalue weighted by Gasteiger charge is -2.20. The Morgan fingerprint density at radius 2 is 2.18 bits per heavy atom. The molecule has 0 aromatic heterocycles. The van der Waals surface area contributed by atoms with Crippen molar-refractivity contribution in [3.05, 3.63) is 32.4 Å². The molecular formula is C12H14ClIN2O. The first kappa shape index (κ1) is 13.1. The fourth-order valence-corrected chi connectivity index (χ4v) is 2.49. The lowest BCUT2D eigenvalue weighted by atomic mass is 10.2. The molecule has 0 atom stereocenters. The maximum absolute atomic E-state index is 12.3. The summed E-state index contributed by atoms with van der Waals surface area (Å²) in [5.74, 6) is 0.100. The molecule has 1 saturated heterocycles. The van der Waals surface area contributed by atoms with Gasteiger partial charge in [-0.05, 0) is 53.8 Å². The molecule has 92 valence electrons. The Bertz CT molecular complexity index is 417. The van der Waals surface area contributed by atoms with E-state index >= 15 is 0 Å². The Balaban J connectivity index is 2.14. The first-order valence-electron chi connectivity index (χ1n) is 5.63. The number of nitrogens with one attached hydrogen (secondary N) is 1. The van der Waals surface area contributed by atoms with Gasteiger partial charge in [-0.1, -0.05) is 11.6 Å². The van der Waals surface area contributed by atoms with Crippen LogP contribution >= 0.6 is 34.2 Å². The molecule has 1 amide bonds. The normalized spacial score (nSPS) is 16.7. The molecular weight excluding hydrogens is 351 g/mol. The molecule has 1 aromatic carbocycles. The van der Waals surface area contributed by atoms with Crippen LogP contribution in [0.1, 0.15) is 16.8 Å². The second-order valence-electron chi connectivity index (χ2n) is 4.02. The van der Waals surface area contributed by atoms with E-state index in [9.17, 15) is 4.79 Å². The van der Waals surface area contributed by atoms with Crippen molar-refractivity contribution < 1.29 is 4.79 Å². The van der Waals surface area contributed by atoms with Crippen LogP contribution in [0.3, 0.4) is 0 Å². The standard InChI is InChI=1S/C12H14ClIN2O/c13-10-3-2-9(8-11(10)14)12(17)16-6-1-4-15-5-7-16/h2-3,8,15H,1,4-7H2. The third-order valence-electron chi connectivity index (χ3n) is 2.79. The highest BCUT2D eigenvalue weighted by atomic mass is 127. The van der Waals surface area contributed by atoms with Crippen LogP contribution in [0.4, 0.5) is 0 Å². The first-order valence-corrected chi connectivity index (χ1v) is 7.09. The molecule has 1 aromatic rings. The van der Waals surface area contributed by atoms with Crippen LogP contribution in [-0.4, -0.2) is 37.0 Å². The summed E-state index contributed by atoms with van der Waals surface area (Å²) in [6.07, 6.45) is 1.01. The van der Waals surface area contributed by atoms with Crippen LogP contribution in [0, 0.1) is 3.57 Å². The number of nitrogens with zero attached hydrogens (tertiary/aromatic N) is 1. The highest BCUT2D eigenvalue weighted by Crippen LogP contribution is 2.20. The molecule has 1 fully saturated rings. The second-order valence-corrected chi connectivity index (χ2v) is 5.59. The van der Waals surface area contributed by atoms with Gasteiger partial charge < -0.3 is 10.2 Å². The summed E-state index contributed by atoms with van der Waals surface area (Å²) < 4.78 is 0.920. The molecule has 0 aliphatic carbocycles. The van der Waals surface area contributed by atoms with E-state index in [1.54, 1.807) is 12.1 Å². The van der Waals surface area contributed by atoms with Gasteiger partial charge in [-0.2, -0.15) is 0 Å². The Kier molecular flexibility index (Phi) is 4.64. The van der Waals surface area contributed by atoms with Gasteiger partial charge in [0.25, 0.3) is 5.91 Å². The summed E-state index contributed by atoms with van der Waals surface area (Å²) >= 11 is 8.10. The summed E-state index contributed by atoms with van der Waals surface area (Å²) in [5, 5.41) is 3.98. The zero-order valence-corrected chi connectivity index (χ0v) is 12.3. The summed E-state index contributed by atoms with van der Waals surface area (Å²) in [4.78, 5) is 14.2. The molecule has 0 spiro atoms. The minimum absolute atomic E-state index is 0.100. The molecule has 1 aliphatic heterocycles. The van der Waals surface area contributed by atoms with Gasteiger partial charge in [-0.15, -0.1) is 0 Å². The number of carbonyl (C=O) groups excluding carboxylic acids is 1. The number of rotatable bonds is 1. The predicted molar refractivity (Wildman–Crippen MR) is 77.6 cm³/mol. The van der Waals surface area contributed by atoms with Crippen molar-refractivity contribution in [2.45, 2.75) is 6.42 Å². The SMILES string of the molecule is O=C(c1ccc(Cl)c(I)c1)N1CCCNCC1. The third-order valence-corrected chi connectivity index (χ3v) is 4.33. The highest BCUT2D eigenvalue weighted by molar-refractivity contribution is 14.1. The fourth-order valence-electron chi connectivity index (χ4n) is 1.86. The number of hydrogen-bond acceptors (Lipinski definition) is 2. The van der Waals surface area contributed by atoms with Crippen LogP contribution in [0.15, 0.2) is 18.2 Å². The highest BCUT2D eigenvalue weighted by Gasteiger charge is 2.17. The van der Waals surface area contributed by atoms with Crippen LogP contribution in [0.2, 0.25) is 5.02 Å². The number of carbonyl (C=O) groups is 1. The summed E-state index contributed by atoms with van der Waals surface area (Å²) in [6.45, 7) is 3.46. The molecule has 5 heteroatoms. The van der Waals surface area contributed by atoms with E-state index in [-0.39, 0.29) is 5.91 Å². The largest absolute Gasteiger partial charge is 0.337 e. The van der Waals surface area contributed by atoms with E-state index in [2.05, 4.69) is 27.9 Å². The average Bonchev–Trinajstić information content (AvgIpc) is 2.60. The molecule has 3 nitrogen and oxygen atoms in total. The van der Waals surface area contributed by atoms with E-state index in [0.29, 0.717) is 5.02 Å². The smallest absolute Gasteiger partial charge is 0.253 e. The van der Waals surface area contributed by atoms with E-state index in [4.69, 9.17) is 11.6 Å². The Labute approximate surface area is 120 Å². The topological polar surface area (TPSA) is 32.3 Å². The van der Waals surface area contributed by atoms with Crippen molar-refractivity contribution in [1.29, 1.82) is 0 Å². The third kappa shape index (κ3) is 3.33. The van der Waals surface area contributed by atoms with Crippen molar-refractivity contribution in [1.82, 2.24) is 10.2 Å². The molecule has 1 aliphatic rings. The molecule has 1 heterocycles. The maximum atomic E-state index is 12.3. The van der Waals surface area contributed by atoms with Crippen LogP contribution in [0.25, 0.3) is 0 Å². The second kappa shape index (κ2) is 6.02. The van der Waals surface area contributed by atoms with E-state index in [0.717, 1.165) is 41.7 Å². The van der Waals surface area contributed by atoms with Crippen molar-refractivity contribution >= 4 is 40.1 Å². The van der Waals surface area contributed by atoms with Gasteiger partial charge in [0.2, 0.25) is 0 Å². The minimum Gasteiger partial charge on any atom is -0.337 e. The van der Waals surface area contributed by atoms with Crippen LogP contribution in [-0.2, 0) is 0 Å². The molecule has 0 radical (unpaired) electrons. The first-order chi connectivity index (χ1) is 8.18. The number of amides is 1. The molecule has 0 bridgehead atoms. The lowest BCUT2D eigenvalue weighted by molar-refractivity contribution is 0.0766. The lowest BCUT2D eigenvalue weighted by Crippen LogP contribution is -2.34. The molecule has 1 N–H and O–H groups in total. The number of halogens is 2. The molecule has 0 saturated carbocycles. The Morgan fingerprint density at radius 3 is 2.94 bits per heavy atom. The zero-order chi connectivity index (χ0) is 12.3. The van der Waals surface area contributed by atoms with Gasteiger partial charge >= 0.3 is 0 Å². The van der Waals surface area contributed by atoms with Gasteiger partial charge in [0.15, 0.2) is 0 Å². The molecule has 2 rings (SSSR count). The van der Waals surface area contributed by atoms with Crippen molar-refractivity contribution in [3.63, 3.8) is 0 Å². The van der Waals surface area contributed by atoms with Gasteiger partial charge in [-0.3, -0.25) is 4.79 Å². The predicted octanol–water partition coefficient (Wildman–Crippen LogP) is 2.38. The van der Waals surface area contributed by atoms with Gasteiger partial charge in [0, 0.05) is 28.8 Å². The zero-order valence-electron chi connectivity index (χ0n) is 9.38. The molecule has 17 heavy (non-hydrogen) atoms. The quantitative estimate of drug-likeness (QED) is 0.776. The summed E-state index contributed by atoms with van der Waals surface area (Å²) in [7, 11) is 0. The minimum atomic E-state index is 0.100. The molecule has 0 unspecified atom stereocenters. The summed E-state index contributed by atoms with van der Waals surface area (Å²) in [5.41, 5.74) is 0.723. The summed E-state index contributed by atoms with van der Waals surface area (Å²) in [6, 6.07) is 5.43. The fraction of sp³-hybridized carbons (Fsp3) is 0.417. The Hall–Kier alpha value is -0.330. The number of benzene rings is 1. The van der Waals surface area contributed by atoms with E-state index < -0.39 is 0 Å². The van der Waals surface area contributed by atoms with Crippen LogP contribution in [0.5, 0.6) is 0 Å². The Morgan fingerprint density at radius 1 is 1.35 bits per heavy atom. The van der Waals surface area contributed by atoms with Gasteiger partial charge in [-0.25, -0.2) is 0 Å². The van der Waals surface area contributed by atoms with Gasteiger partial charge in [0.05, 0.1) is 5.02 Å². The maximum Gasteiger partial charge on any atom is 0.253 e. The van der Waals surface area contributed by atoms with Gasteiger partial charge in [0.1, 0.15) is 0 Å². The monoisotopic (exact) mass is 364 g/mol. The average molecular weight is 365 g/mol. The van der Waals surface area contributed by atoms with E-state index in [1.807, 2.05) is 11.0 Å². The van der Waals surface area contributed by atoms with Crippen LogP contribution < -0.4 is 5.32 Å². The van der Waals surface area contributed by atoms with E-state index in [1.165, 1.54) is 0 Å². The van der Waals surface area contributed by atoms with Crippen molar-refractivity contribution in [2.24, 2.45) is 0 Å². The van der Waals surface area contributed by atoms with Crippen molar-refractivity contribution in [3.8, 4) is 0 Å². The number of hydrogen-bond donors (Lipinski definition) is 1.